The first-order valence-electron chi connectivity index (χ1n) is 15.4. The van der Waals surface area contributed by atoms with Crippen molar-refractivity contribution < 1.29 is 33.2 Å². The molecule has 7 rings (SSSR count). The number of benzene rings is 5. The summed E-state index contributed by atoms with van der Waals surface area (Å²) in [4.78, 5) is 14.1. The first-order valence-corrected chi connectivity index (χ1v) is 15.4. The molecule has 5 aromatic carbocycles. The normalized spacial score (nSPS) is 15.0. The zero-order chi connectivity index (χ0) is 33.1. The van der Waals surface area contributed by atoms with Crippen molar-refractivity contribution in [3.05, 3.63) is 119 Å². The fourth-order valence-electron chi connectivity index (χ4n) is 7.30. The minimum Gasteiger partial charge on any atom is -0.497 e. The van der Waals surface area contributed by atoms with E-state index >= 15 is 0 Å². The molecule has 2 aliphatic rings. The van der Waals surface area contributed by atoms with E-state index in [-0.39, 0.29) is 0 Å². The standard InChI is InChI=1S/C40H36O7/c1-39(2)31-11-9-8-10-27(31)34-28-20-32(44-5)33(45-6)21-29(28)37-35(36(34)39)30(38(41)46-7)22-40(47-37,23-12-16-25(42-3)17-13-23)24-14-18-26(43-4)19-15-24/h8-22H,1-7H3. The second kappa shape index (κ2) is 11.1. The molecule has 0 fully saturated rings. The van der Waals surface area contributed by atoms with Crippen molar-refractivity contribution in [1.29, 1.82) is 0 Å². The SMILES string of the molecule is COC(=O)C1=CC(c2ccc(OC)cc2)(c2ccc(OC)cc2)Oc2c1c1c(c3cc(OC)c(OC)cc23)-c2ccccc2C1(C)C. The lowest BCUT2D eigenvalue weighted by atomic mass is 9.74. The topological polar surface area (TPSA) is 72.5 Å². The molecule has 0 unspecified atom stereocenters. The summed E-state index contributed by atoms with van der Waals surface area (Å²) in [5.74, 6) is 2.63. The average Bonchev–Trinajstić information content (AvgIpc) is 3.36. The Morgan fingerprint density at radius 3 is 1.74 bits per heavy atom. The number of fused-ring (bicyclic) bond motifs is 8. The van der Waals surface area contributed by atoms with Crippen molar-refractivity contribution in [2.45, 2.75) is 24.9 Å². The quantitative estimate of drug-likeness (QED) is 0.169. The number of methoxy groups -OCH3 is 5. The highest BCUT2D eigenvalue weighted by molar-refractivity contribution is 6.22. The van der Waals surface area contributed by atoms with E-state index in [2.05, 4.69) is 32.0 Å². The predicted octanol–water partition coefficient (Wildman–Crippen LogP) is 8.07. The highest BCUT2D eigenvalue weighted by Gasteiger charge is 2.48. The lowest BCUT2D eigenvalue weighted by molar-refractivity contribution is -0.133. The van der Waals surface area contributed by atoms with E-state index in [1.54, 1.807) is 28.4 Å². The summed E-state index contributed by atoms with van der Waals surface area (Å²) >= 11 is 0. The van der Waals surface area contributed by atoms with Crippen LogP contribution in [0, 0.1) is 0 Å². The highest BCUT2D eigenvalue weighted by Crippen LogP contribution is 2.60. The fraction of sp³-hybridized carbons (Fsp3) is 0.225. The van der Waals surface area contributed by atoms with Gasteiger partial charge in [0.05, 0.1) is 41.1 Å². The third-order valence-corrected chi connectivity index (χ3v) is 9.58. The van der Waals surface area contributed by atoms with Gasteiger partial charge in [-0.1, -0.05) is 62.4 Å². The molecule has 0 aromatic heterocycles. The predicted molar refractivity (Wildman–Crippen MR) is 182 cm³/mol. The van der Waals surface area contributed by atoms with Crippen LogP contribution in [-0.2, 0) is 20.5 Å². The molecule has 1 aliphatic heterocycles. The minimum atomic E-state index is -1.24. The van der Waals surface area contributed by atoms with Gasteiger partial charge in [0.2, 0.25) is 0 Å². The van der Waals surface area contributed by atoms with E-state index < -0.39 is 17.0 Å². The second-order valence-corrected chi connectivity index (χ2v) is 12.2. The Morgan fingerprint density at radius 1 is 0.660 bits per heavy atom. The molecule has 0 radical (unpaired) electrons. The molecular formula is C40H36O7. The lowest BCUT2D eigenvalue weighted by Gasteiger charge is -2.40. The molecule has 1 heterocycles. The van der Waals surface area contributed by atoms with Crippen LogP contribution in [0.4, 0.5) is 0 Å². The molecule has 0 atom stereocenters. The summed E-state index contributed by atoms with van der Waals surface area (Å²) in [6.45, 7) is 4.38. The van der Waals surface area contributed by atoms with Gasteiger partial charge in [0.15, 0.2) is 17.1 Å². The van der Waals surface area contributed by atoms with Crippen LogP contribution in [0.25, 0.3) is 27.5 Å². The van der Waals surface area contributed by atoms with Crippen molar-refractivity contribution >= 4 is 22.3 Å². The summed E-state index contributed by atoms with van der Waals surface area (Å²) in [5, 5.41) is 1.71. The van der Waals surface area contributed by atoms with Gasteiger partial charge in [-0.15, -0.1) is 0 Å². The molecule has 1 aliphatic carbocycles. The maximum Gasteiger partial charge on any atom is 0.338 e. The van der Waals surface area contributed by atoms with Crippen molar-refractivity contribution in [1.82, 2.24) is 0 Å². The van der Waals surface area contributed by atoms with Crippen molar-refractivity contribution in [3.63, 3.8) is 0 Å². The summed E-state index contributed by atoms with van der Waals surface area (Å²) in [6, 6.07) is 27.7. The first-order chi connectivity index (χ1) is 22.7. The van der Waals surface area contributed by atoms with Crippen LogP contribution in [0.15, 0.2) is 91.0 Å². The molecule has 0 saturated heterocycles. The molecule has 0 amide bonds. The Balaban J connectivity index is 1.66. The minimum absolute atomic E-state index is 0.411. The fourth-order valence-corrected chi connectivity index (χ4v) is 7.30. The van der Waals surface area contributed by atoms with Crippen LogP contribution in [0.2, 0.25) is 0 Å². The number of esters is 1. The largest absolute Gasteiger partial charge is 0.497 e. The Kier molecular flexibility index (Phi) is 7.16. The van der Waals surface area contributed by atoms with E-state index in [0.717, 1.165) is 44.2 Å². The molecule has 0 saturated carbocycles. The number of carbonyl (C=O) groups is 1. The maximum atomic E-state index is 14.1. The van der Waals surface area contributed by atoms with Gasteiger partial charge >= 0.3 is 5.97 Å². The van der Waals surface area contributed by atoms with Gasteiger partial charge in [0.25, 0.3) is 0 Å². The van der Waals surface area contributed by atoms with Gasteiger partial charge in [0.1, 0.15) is 17.2 Å². The smallest absolute Gasteiger partial charge is 0.338 e. The van der Waals surface area contributed by atoms with Crippen molar-refractivity contribution in [3.8, 4) is 39.9 Å². The Hall–Kier alpha value is -5.43. The van der Waals surface area contributed by atoms with Gasteiger partial charge in [-0.05, 0) is 70.1 Å². The highest BCUT2D eigenvalue weighted by atomic mass is 16.5. The van der Waals surface area contributed by atoms with Gasteiger partial charge in [0, 0.05) is 27.5 Å². The third-order valence-electron chi connectivity index (χ3n) is 9.58. The van der Waals surface area contributed by atoms with Crippen molar-refractivity contribution in [2.24, 2.45) is 0 Å². The van der Waals surface area contributed by atoms with Gasteiger partial charge in [-0.3, -0.25) is 0 Å². The monoisotopic (exact) mass is 628 g/mol. The third kappa shape index (κ3) is 4.37. The molecule has 5 aromatic rings. The molecule has 7 nitrogen and oxygen atoms in total. The maximum absolute atomic E-state index is 14.1. The summed E-state index contributed by atoms with van der Waals surface area (Å²) in [6.07, 6.45) is 1.90. The average molecular weight is 629 g/mol. The molecular weight excluding hydrogens is 592 g/mol. The number of hydrogen-bond donors (Lipinski definition) is 0. The van der Waals surface area contributed by atoms with Crippen molar-refractivity contribution in [2.75, 3.05) is 35.5 Å². The van der Waals surface area contributed by atoms with E-state index in [4.69, 9.17) is 28.4 Å². The molecule has 47 heavy (non-hydrogen) atoms. The Bertz CT molecular complexity index is 2020. The molecule has 238 valence electrons. The Morgan fingerprint density at radius 2 is 1.21 bits per heavy atom. The lowest BCUT2D eigenvalue weighted by Crippen LogP contribution is -2.37. The zero-order valence-electron chi connectivity index (χ0n) is 27.5. The van der Waals surface area contributed by atoms with E-state index in [1.165, 1.54) is 7.11 Å². The summed E-state index contributed by atoms with van der Waals surface area (Å²) < 4.78 is 35.6. The number of ether oxygens (including phenoxy) is 6. The van der Waals surface area contributed by atoms with Gasteiger partial charge in [-0.2, -0.15) is 0 Å². The zero-order valence-corrected chi connectivity index (χ0v) is 27.5. The molecule has 0 N–H and O–H groups in total. The van der Waals surface area contributed by atoms with Gasteiger partial charge in [-0.25, -0.2) is 4.79 Å². The van der Waals surface area contributed by atoms with Crippen LogP contribution >= 0.6 is 0 Å². The van der Waals surface area contributed by atoms with E-state index in [0.29, 0.717) is 39.9 Å². The molecule has 0 bridgehead atoms. The second-order valence-electron chi connectivity index (χ2n) is 12.2. The number of hydrogen-bond acceptors (Lipinski definition) is 7. The summed E-state index contributed by atoms with van der Waals surface area (Å²) in [5.41, 5.74) is 5.26. The van der Waals surface area contributed by atoms with Crippen LogP contribution in [0.1, 0.15) is 41.7 Å². The van der Waals surface area contributed by atoms with Crippen LogP contribution in [-0.4, -0.2) is 41.5 Å². The van der Waals surface area contributed by atoms with Gasteiger partial charge < -0.3 is 28.4 Å². The van der Waals surface area contributed by atoms with E-state index in [1.807, 2.05) is 72.8 Å². The summed E-state index contributed by atoms with van der Waals surface area (Å²) in [7, 11) is 7.92. The Labute approximate surface area is 274 Å². The number of rotatable bonds is 7. The van der Waals surface area contributed by atoms with Crippen LogP contribution in [0.3, 0.4) is 0 Å². The first kappa shape index (κ1) is 30.2. The molecule has 0 spiro atoms. The van der Waals surface area contributed by atoms with E-state index in [9.17, 15) is 4.79 Å². The van der Waals surface area contributed by atoms with Crippen LogP contribution < -0.4 is 23.7 Å². The molecule has 7 heteroatoms. The number of carbonyl (C=O) groups excluding carboxylic acids is 1. The van der Waals surface area contributed by atoms with Crippen LogP contribution in [0.5, 0.6) is 28.7 Å².